The highest BCUT2D eigenvalue weighted by Crippen LogP contribution is 2.23. The normalized spacial score (nSPS) is 18.1. The van der Waals surface area contributed by atoms with Gasteiger partial charge in [-0.15, -0.1) is 0 Å². The van der Waals surface area contributed by atoms with Gasteiger partial charge >= 0.3 is 0 Å². The van der Waals surface area contributed by atoms with E-state index in [9.17, 15) is 22.9 Å². The molecule has 1 aliphatic heterocycles. The van der Waals surface area contributed by atoms with Crippen LogP contribution in [0.15, 0.2) is 18.2 Å². The SMILES string of the molecule is NS(=O)(=O)N1CCCN(Cc2c(F)cccc2[N+](=O)[O-])CC1. The third kappa shape index (κ3) is 3.97. The number of nitrogens with two attached hydrogens (primary N) is 1. The summed E-state index contributed by atoms with van der Waals surface area (Å²) in [6, 6.07) is 3.73. The molecule has 0 saturated carbocycles. The Morgan fingerprint density at radius 3 is 2.64 bits per heavy atom. The highest BCUT2D eigenvalue weighted by atomic mass is 32.2. The van der Waals surface area contributed by atoms with E-state index < -0.39 is 20.9 Å². The molecule has 2 N–H and O–H groups in total. The van der Waals surface area contributed by atoms with Crippen molar-refractivity contribution in [2.24, 2.45) is 5.14 Å². The zero-order chi connectivity index (χ0) is 16.3. The lowest BCUT2D eigenvalue weighted by Crippen LogP contribution is -2.39. The summed E-state index contributed by atoms with van der Waals surface area (Å²) in [6.45, 7) is 1.37. The van der Waals surface area contributed by atoms with Crippen LogP contribution in [0, 0.1) is 15.9 Å². The topological polar surface area (TPSA) is 110 Å². The van der Waals surface area contributed by atoms with Crippen molar-refractivity contribution in [3.05, 3.63) is 39.7 Å². The molecule has 1 fully saturated rings. The van der Waals surface area contributed by atoms with Gasteiger partial charge in [-0.1, -0.05) is 6.07 Å². The van der Waals surface area contributed by atoms with E-state index in [-0.39, 0.29) is 30.9 Å². The third-order valence-electron chi connectivity index (χ3n) is 3.58. The average Bonchev–Trinajstić information content (AvgIpc) is 2.66. The van der Waals surface area contributed by atoms with Crippen LogP contribution in [0.5, 0.6) is 0 Å². The molecule has 122 valence electrons. The van der Waals surface area contributed by atoms with Crippen molar-refractivity contribution in [2.45, 2.75) is 13.0 Å². The van der Waals surface area contributed by atoms with Gasteiger partial charge in [-0.05, 0) is 19.0 Å². The Bertz CT molecular complexity index is 667. The standard InChI is InChI=1S/C12H17FN4O4S/c13-11-3-1-4-12(17(18)19)10(11)9-15-5-2-6-16(8-7-15)22(14,20)21/h1,3-4H,2,5-9H2,(H2,14,20,21). The van der Waals surface area contributed by atoms with E-state index in [4.69, 9.17) is 5.14 Å². The van der Waals surface area contributed by atoms with Gasteiger partial charge in [0, 0.05) is 32.2 Å². The largest absolute Gasteiger partial charge is 0.297 e. The first-order chi connectivity index (χ1) is 10.3. The van der Waals surface area contributed by atoms with Crippen molar-refractivity contribution < 1.29 is 17.7 Å². The van der Waals surface area contributed by atoms with Gasteiger partial charge in [-0.2, -0.15) is 12.7 Å². The highest BCUT2D eigenvalue weighted by Gasteiger charge is 2.25. The monoisotopic (exact) mass is 332 g/mol. The lowest BCUT2D eigenvalue weighted by atomic mass is 10.1. The Morgan fingerprint density at radius 2 is 2.00 bits per heavy atom. The minimum atomic E-state index is -3.75. The van der Waals surface area contributed by atoms with E-state index in [1.165, 1.54) is 18.2 Å². The van der Waals surface area contributed by atoms with Crippen LogP contribution < -0.4 is 5.14 Å². The predicted molar refractivity (Wildman–Crippen MR) is 77.6 cm³/mol. The molecule has 1 saturated heterocycles. The van der Waals surface area contributed by atoms with Gasteiger partial charge in [0.15, 0.2) is 0 Å². The highest BCUT2D eigenvalue weighted by molar-refractivity contribution is 7.86. The minimum Gasteiger partial charge on any atom is -0.297 e. The van der Waals surface area contributed by atoms with E-state index in [1.807, 2.05) is 0 Å². The average molecular weight is 332 g/mol. The molecular formula is C12H17FN4O4S. The second-order valence-electron chi connectivity index (χ2n) is 5.07. The second kappa shape index (κ2) is 6.65. The molecule has 0 unspecified atom stereocenters. The van der Waals surface area contributed by atoms with Crippen LogP contribution in [0.1, 0.15) is 12.0 Å². The molecule has 1 aliphatic rings. The molecule has 8 nitrogen and oxygen atoms in total. The van der Waals surface area contributed by atoms with Gasteiger partial charge in [0.25, 0.3) is 15.9 Å². The van der Waals surface area contributed by atoms with E-state index in [0.717, 1.165) is 4.31 Å². The number of nitro benzene ring substituents is 1. The fourth-order valence-corrected chi connectivity index (χ4v) is 3.18. The maximum absolute atomic E-state index is 13.9. The number of hydrogen-bond acceptors (Lipinski definition) is 5. The summed E-state index contributed by atoms with van der Waals surface area (Å²) >= 11 is 0. The molecule has 0 atom stereocenters. The number of nitro groups is 1. The Kier molecular flexibility index (Phi) is 5.06. The Hall–Kier alpha value is -1.62. The first-order valence-electron chi connectivity index (χ1n) is 6.71. The first-order valence-corrected chi connectivity index (χ1v) is 8.21. The van der Waals surface area contributed by atoms with Crippen molar-refractivity contribution in [2.75, 3.05) is 26.2 Å². The van der Waals surface area contributed by atoms with Gasteiger partial charge in [0.1, 0.15) is 5.82 Å². The molecule has 1 aromatic carbocycles. The molecule has 0 spiro atoms. The molecule has 0 aromatic heterocycles. The Labute approximate surface area is 127 Å². The number of rotatable bonds is 4. The summed E-state index contributed by atoms with van der Waals surface area (Å²) in [5.74, 6) is -0.637. The molecule has 0 bridgehead atoms. The van der Waals surface area contributed by atoms with E-state index in [0.29, 0.717) is 19.5 Å². The van der Waals surface area contributed by atoms with Crippen LogP contribution in [0.2, 0.25) is 0 Å². The smallest absolute Gasteiger partial charge is 0.276 e. The van der Waals surface area contributed by atoms with Gasteiger partial charge in [0.2, 0.25) is 0 Å². The van der Waals surface area contributed by atoms with E-state index in [2.05, 4.69) is 0 Å². The molecule has 0 amide bonds. The van der Waals surface area contributed by atoms with Gasteiger partial charge in [-0.25, -0.2) is 9.53 Å². The summed E-state index contributed by atoms with van der Waals surface area (Å²) in [5.41, 5.74) is -0.260. The summed E-state index contributed by atoms with van der Waals surface area (Å²) in [6.07, 6.45) is 0.526. The van der Waals surface area contributed by atoms with Gasteiger partial charge in [-0.3, -0.25) is 15.0 Å². The molecule has 1 aromatic rings. The molecule has 1 heterocycles. The summed E-state index contributed by atoms with van der Waals surface area (Å²) in [5, 5.41) is 16.1. The molecule has 0 aliphatic carbocycles. The van der Waals surface area contributed by atoms with Crippen LogP contribution in [0.3, 0.4) is 0 Å². The minimum absolute atomic E-state index is 0.0107. The van der Waals surface area contributed by atoms with Crippen molar-refractivity contribution in [1.82, 2.24) is 9.21 Å². The number of nitrogens with zero attached hydrogens (tertiary/aromatic N) is 3. The van der Waals surface area contributed by atoms with Crippen LogP contribution in [-0.2, 0) is 16.8 Å². The fraction of sp³-hybridized carbons (Fsp3) is 0.500. The van der Waals surface area contributed by atoms with E-state index in [1.54, 1.807) is 4.90 Å². The van der Waals surface area contributed by atoms with Crippen LogP contribution in [0.25, 0.3) is 0 Å². The third-order valence-corrected chi connectivity index (χ3v) is 4.66. The number of hydrogen-bond donors (Lipinski definition) is 1. The van der Waals surface area contributed by atoms with Crippen molar-refractivity contribution in [3.8, 4) is 0 Å². The van der Waals surface area contributed by atoms with Crippen LogP contribution in [-0.4, -0.2) is 48.7 Å². The van der Waals surface area contributed by atoms with Crippen molar-refractivity contribution >= 4 is 15.9 Å². The van der Waals surface area contributed by atoms with Crippen molar-refractivity contribution in [3.63, 3.8) is 0 Å². The van der Waals surface area contributed by atoms with Crippen LogP contribution >= 0.6 is 0 Å². The zero-order valence-electron chi connectivity index (χ0n) is 11.8. The second-order valence-corrected chi connectivity index (χ2v) is 6.61. The fourth-order valence-electron chi connectivity index (χ4n) is 2.46. The Morgan fingerprint density at radius 1 is 1.27 bits per heavy atom. The summed E-state index contributed by atoms with van der Waals surface area (Å²) in [7, 11) is -3.75. The molecule has 2 rings (SSSR count). The first kappa shape index (κ1) is 16.7. The lowest BCUT2D eigenvalue weighted by Gasteiger charge is -2.20. The number of benzene rings is 1. The van der Waals surface area contributed by atoms with Gasteiger partial charge < -0.3 is 0 Å². The van der Waals surface area contributed by atoms with Crippen LogP contribution in [0.4, 0.5) is 10.1 Å². The molecule has 10 heteroatoms. The van der Waals surface area contributed by atoms with E-state index >= 15 is 0 Å². The molecular weight excluding hydrogens is 315 g/mol. The summed E-state index contributed by atoms with van der Waals surface area (Å²) in [4.78, 5) is 12.2. The predicted octanol–water partition coefficient (Wildman–Crippen LogP) is 0.445. The Balaban J connectivity index is 2.14. The van der Waals surface area contributed by atoms with Crippen molar-refractivity contribution in [1.29, 1.82) is 0 Å². The lowest BCUT2D eigenvalue weighted by molar-refractivity contribution is -0.386. The maximum Gasteiger partial charge on any atom is 0.276 e. The quantitative estimate of drug-likeness (QED) is 0.636. The van der Waals surface area contributed by atoms with Gasteiger partial charge in [0.05, 0.1) is 10.5 Å². The number of halogens is 1. The molecule has 22 heavy (non-hydrogen) atoms. The zero-order valence-corrected chi connectivity index (χ0v) is 12.6. The maximum atomic E-state index is 13.9. The molecule has 0 radical (unpaired) electrons. The summed E-state index contributed by atoms with van der Waals surface area (Å²) < 4.78 is 37.7.